The fourth-order valence-corrected chi connectivity index (χ4v) is 3.29. The Hall–Kier alpha value is -0.280. The highest BCUT2D eigenvalue weighted by molar-refractivity contribution is 6.18. The predicted octanol–water partition coefficient (Wildman–Crippen LogP) is 2.33. The second kappa shape index (κ2) is 6.60. The van der Waals surface area contributed by atoms with Gasteiger partial charge in [-0.25, -0.2) is 0 Å². The van der Waals surface area contributed by atoms with Crippen LogP contribution in [-0.2, 0) is 9.53 Å². The number of halogens is 1. The van der Waals surface area contributed by atoms with Gasteiger partial charge in [0, 0.05) is 19.0 Å². The number of alkyl halides is 1. The molecule has 3 atom stereocenters. The Morgan fingerprint density at radius 1 is 1.18 bits per heavy atom. The molecule has 98 valence electrons. The van der Waals surface area contributed by atoms with E-state index < -0.39 is 0 Å². The molecule has 1 aliphatic heterocycles. The average molecular weight is 260 g/mol. The van der Waals surface area contributed by atoms with Crippen molar-refractivity contribution in [3.05, 3.63) is 0 Å². The second-order valence-corrected chi connectivity index (χ2v) is 5.51. The Kier molecular flexibility index (Phi) is 5.11. The summed E-state index contributed by atoms with van der Waals surface area (Å²) in [6, 6.07) is 0. The lowest BCUT2D eigenvalue weighted by molar-refractivity contribution is -0.130. The summed E-state index contributed by atoms with van der Waals surface area (Å²) in [5.41, 5.74) is 0. The van der Waals surface area contributed by atoms with E-state index in [1.807, 2.05) is 0 Å². The first-order valence-electron chi connectivity index (χ1n) is 6.76. The third-order valence-electron chi connectivity index (χ3n) is 4.03. The van der Waals surface area contributed by atoms with Crippen LogP contribution in [0.3, 0.4) is 0 Å². The van der Waals surface area contributed by atoms with Gasteiger partial charge in [-0.05, 0) is 37.5 Å². The third-order valence-corrected chi connectivity index (χ3v) is 4.42. The molecule has 1 saturated carbocycles. The van der Waals surface area contributed by atoms with Crippen LogP contribution in [0.1, 0.15) is 38.5 Å². The van der Waals surface area contributed by atoms with Gasteiger partial charge in [0.15, 0.2) is 0 Å². The van der Waals surface area contributed by atoms with Crippen LogP contribution in [0.4, 0.5) is 0 Å². The standard InChI is InChI=1S/C13H22ClNO2/c14-8-10-4-1-2-5-11(10)9-15-13(16)12-6-3-7-17-12/h10-12H,1-9H2,(H,15,16). The Labute approximate surface area is 108 Å². The molecule has 0 spiro atoms. The van der Waals surface area contributed by atoms with Gasteiger partial charge in [0.1, 0.15) is 6.10 Å². The highest BCUT2D eigenvalue weighted by atomic mass is 35.5. The Bertz CT molecular complexity index is 254. The molecule has 4 heteroatoms. The number of carbonyl (C=O) groups is 1. The van der Waals surface area contributed by atoms with Crippen LogP contribution in [0.2, 0.25) is 0 Å². The summed E-state index contributed by atoms with van der Waals surface area (Å²) < 4.78 is 5.37. The van der Waals surface area contributed by atoms with E-state index in [2.05, 4.69) is 5.32 Å². The highest BCUT2D eigenvalue weighted by Gasteiger charge is 2.27. The Morgan fingerprint density at radius 3 is 2.59 bits per heavy atom. The van der Waals surface area contributed by atoms with Gasteiger partial charge < -0.3 is 10.1 Å². The largest absolute Gasteiger partial charge is 0.368 e. The minimum Gasteiger partial charge on any atom is -0.368 e. The molecule has 1 amide bonds. The maximum absolute atomic E-state index is 11.8. The molecule has 0 aromatic heterocycles. The highest BCUT2D eigenvalue weighted by Crippen LogP contribution is 2.30. The van der Waals surface area contributed by atoms with E-state index in [-0.39, 0.29) is 12.0 Å². The molecule has 0 bridgehead atoms. The second-order valence-electron chi connectivity index (χ2n) is 5.21. The normalized spacial score (nSPS) is 33.6. The maximum atomic E-state index is 11.8. The van der Waals surface area contributed by atoms with Gasteiger partial charge in [0.05, 0.1) is 0 Å². The predicted molar refractivity (Wildman–Crippen MR) is 68.2 cm³/mol. The van der Waals surface area contributed by atoms with Crippen LogP contribution in [0.5, 0.6) is 0 Å². The maximum Gasteiger partial charge on any atom is 0.249 e. The molecule has 1 N–H and O–H groups in total. The number of ether oxygens (including phenoxy) is 1. The van der Waals surface area contributed by atoms with Crippen molar-refractivity contribution in [1.29, 1.82) is 0 Å². The summed E-state index contributed by atoms with van der Waals surface area (Å²) in [5, 5.41) is 3.04. The Morgan fingerprint density at radius 2 is 1.94 bits per heavy atom. The van der Waals surface area contributed by atoms with Gasteiger partial charge >= 0.3 is 0 Å². The van der Waals surface area contributed by atoms with Crippen molar-refractivity contribution in [2.45, 2.75) is 44.6 Å². The van der Waals surface area contributed by atoms with E-state index in [1.54, 1.807) is 0 Å². The van der Waals surface area contributed by atoms with E-state index in [1.165, 1.54) is 25.7 Å². The molecule has 1 heterocycles. The lowest BCUT2D eigenvalue weighted by Crippen LogP contribution is -2.39. The molecular formula is C13H22ClNO2. The number of hydrogen-bond acceptors (Lipinski definition) is 2. The monoisotopic (exact) mass is 259 g/mol. The van der Waals surface area contributed by atoms with Crippen LogP contribution < -0.4 is 5.32 Å². The van der Waals surface area contributed by atoms with Crippen molar-refractivity contribution in [2.75, 3.05) is 19.0 Å². The quantitative estimate of drug-likeness (QED) is 0.787. The molecule has 3 nitrogen and oxygen atoms in total. The van der Waals surface area contributed by atoms with Crippen molar-refractivity contribution in [3.63, 3.8) is 0 Å². The molecule has 2 fully saturated rings. The van der Waals surface area contributed by atoms with Crippen molar-refractivity contribution in [3.8, 4) is 0 Å². The van der Waals surface area contributed by atoms with Crippen LogP contribution in [0.25, 0.3) is 0 Å². The third kappa shape index (κ3) is 3.59. The molecular weight excluding hydrogens is 238 g/mol. The zero-order valence-corrected chi connectivity index (χ0v) is 11.0. The van der Waals surface area contributed by atoms with E-state index in [0.29, 0.717) is 11.8 Å². The molecule has 2 aliphatic rings. The lowest BCUT2D eigenvalue weighted by Gasteiger charge is -2.30. The van der Waals surface area contributed by atoms with Crippen molar-refractivity contribution >= 4 is 17.5 Å². The van der Waals surface area contributed by atoms with Gasteiger partial charge in [-0.3, -0.25) is 4.79 Å². The molecule has 0 aromatic rings. The number of hydrogen-bond donors (Lipinski definition) is 1. The molecule has 0 aromatic carbocycles. The zero-order chi connectivity index (χ0) is 12.1. The van der Waals surface area contributed by atoms with Crippen molar-refractivity contribution < 1.29 is 9.53 Å². The van der Waals surface area contributed by atoms with Gasteiger partial charge in [-0.2, -0.15) is 0 Å². The first-order chi connectivity index (χ1) is 8.31. The first-order valence-corrected chi connectivity index (χ1v) is 7.30. The summed E-state index contributed by atoms with van der Waals surface area (Å²) in [6.07, 6.45) is 6.64. The molecule has 3 unspecified atom stereocenters. The number of amides is 1. The summed E-state index contributed by atoms with van der Waals surface area (Å²) in [5.74, 6) is 1.93. The Balaban J connectivity index is 1.74. The summed E-state index contributed by atoms with van der Waals surface area (Å²) in [7, 11) is 0. The topological polar surface area (TPSA) is 38.3 Å². The number of carbonyl (C=O) groups excluding carboxylic acids is 1. The van der Waals surface area contributed by atoms with E-state index in [4.69, 9.17) is 16.3 Å². The SMILES string of the molecule is O=C(NCC1CCCCC1CCl)C1CCCO1. The van der Waals surface area contributed by atoms with Crippen molar-refractivity contribution in [2.24, 2.45) is 11.8 Å². The van der Waals surface area contributed by atoms with Gasteiger partial charge in [0.2, 0.25) is 5.91 Å². The zero-order valence-electron chi connectivity index (χ0n) is 10.3. The van der Waals surface area contributed by atoms with Crippen molar-refractivity contribution in [1.82, 2.24) is 5.32 Å². The molecule has 1 saturated heterocycles. The molecule has 2 rings (SSSR count). The van der Waals surface area contributed by atoms with E-state index >= 15 is 0 Å². The summed E-state index contributed by atoms with van der Waals surface area (Å²) >= 11 is 5.98. The van der Waals surface area contributed by atoms with Crippen LogP contribution in [0.15, 0.2) is 0 Å². The number of rotatable bonds is 4. The lowest BCUT2D eigenvalue weighted by atomic mass is 9.80. The van der Waals surface area contributed by atoms with Crippen LogP contribution in [0, 0.1) is 11.8 Å². The average Bonchev–Trinajstić information content (AvgIpc) is 2.90. The minimum absolute atomic E-state index is 0.0707. The van der Waals surface area contributed by atoms with Gasteiger partial charge in [-0.15, -0.1) is 11.6 Å². The molecule has 1 aliphatic carbocycles. The molecule has 0 radical (unpaired) electrons. The number of nitrogens with one attached hydrogen (secondary N) is 1. The fourth-order valence-electron chi connectivity index (χ4n) is 2.89. The van der Waals surface area contributed by atoms with E-state index in [0.717, 1.165) is 31.9 Å². The smallest absolute Gasteiger partial charge is 0.249 e. The summed E-state index contributed by atoms with van der Waals surface area (Å²) in [6.45, 7) is 1.50. The van der Waals surface area contributed by atoms with Crippen LogP contribution >= 0.6 is 11.6 Å². The first kappa shape index (κ1) is 13.2. The van der Waals surface area contributed by atoms with Gasteiger partial charge in [-0.1, -0.05) is 12.8 Å². The minimum atomic E-state index is -0.201. The van der Waals surface area contributed by atoms with Crippen LogP contribution in [-0.4, -0.2) is 31.0 Å². The molecule has 17 heavy (non-hydrogen) atoms. The van der Waals surface area contributed by atoms with Gasteiger partial charge in [0.25, 0.3) is 0 Å². The summed E-state index contributed by atoms with van der Waals surface area (Å²) in [4.78, 5) is 11.8. The van der Waals surface area contributed by atoms with E-state index in [9.17, 15) is 4.79 Å². The fraction of sp³-hybridized carbons (Fsp3) is 0.923.